The molecule has 5 nitrogen and oxygen atoms in total. The Morgan fingerprint density at radius 2 is 2.09 bits per heavy atom. The zero-order chi connectivity index (χ0) is 16.7. The molecule has 2 aromatic rings. The SMILES string of the molecule is CCOc1ccc(/C=C\C(=O)Nc2cccc(OC)c2)cc1N. The Balaban J connectivity index is 2.01. The smallest absolute Gasteiger partial charge is 0.248 e. The quantitative estimate of drug-likeness (QED) is 0.634. The molecule has 0 fully saturated rings. The molecule has 0 bridgehead atoms. The van der Waals surface area contributed by atoms with Crippen molar-refractivity contribution in [1.82, 2.24) is 0 Å². The third-order valence-corrected chi connectivity index (χ3v) is 3.10. The third kappa shape index (κ3) is 4.78. The molecule has 0 aliphatic rings. The number of anilines is 2. The lowest BCUT2D eigenvalue weighted by atomic mass is 10.1. The Labute approximate surface area is 135 Å². The van der Waals surface area contributed by atoms with Gasteiger partial charge in [0, 0.05) is 17.8 Å². The Morgan fingerprint density at radius 1 is 1.26 bits per heavy atom. The van der Waals surface area contributed by atoms with E-state index >= 15 is 0 Å². The topological polar surface area (TPSA) is 73.6 Å². The lowest BCUT2D eigenvalue weighted by Gasteiger charge is -2.07. The molecule has 0 saturated heterocycles. The van der Waals surface area contributed by atoms with Crippen molar-refractivity contribution < 1.29 is 14.3 Å². The highest BCUT2D eigenvalue weighted by Crippen LogP contribution is 2.23. The van der Waals surface area contributed by atoms with Crippen LogP contribution in [-0.2, 0) is 4.79 Å². The predicted molar refractivity (Wildman–Crippen MR) is 92.7 cm³/mol. The second kappa shape index (κ2) is 7.89. The molecular weight excluding hydrogens is 292 g/mol. The highest BCUT2D eigenvalue weighted by molar-refractivity contribution is 6.02. The van der Waals surface area contributed by atoms with Gasteiger partial charge in [0.1, 0.15) is 11.5 Å². The summed E-state index contributed by atoms with van der Waals surface area (Å²) in [5.41, 5.74) is 7.94. The van der Waals surface area contributed by atoms with Crippen LogP contribution in [0.25, 0.3) is 6.08 Å². The summed E-state index contributed by atoms with van der Waals surface area (Å²) in [4.78, 5) is 11.9. The number of hydrogen-bond donors (Lipinski definition) is 2. The summed E-state index contributed by atoms with van der Waals surface area (Å²) in [5.74, 6) is 1.10. The zero-order valence-corrected chi connectivity index (χ0v) is 13.2. The lowest BCUT2D eigenvalue weighted by Crippen LogP contribution is -2.07. The summed E-state index contributed by atoms with van der Waals surface area (Å²) >= 11 is 0. The molecule has 0 unspecified atom stereocenters. The zero-order valence-electron chi connectivity index (χ0n) is 13.2. The fraction of sp³-hybridized carbons (Fsp3) is 0.167. The Morgan fingerprint density at radius 3 is 2.78 bits per heavy atom. The largest absolute Gasteiger partial charge is 0.497 e. The van der Waals surface area contributed by atoms with E-state index in [9.17, 15) is 4.79 Å². The minimum atomic E-state index is -0.231. The standard InChI is InChI=1S/C18H20N2O3/c1-3-23-17-9-7-13(11-16(17)19)8-10-18(21)20-14-5-4-6-15(12-14)22-2/h4-12H,3,19H2,1-2H3,(H,20,21)/b10-8-. The van der Waals surface area contributed by atoms with Gasteiger partial charge in [-0.1, -0.05) is 12.1 Å². The molecule has 0 spiro atoms. The number of ether oxygens (including phenoxy) is 2. The molecule has 1 amide bonds. The van der Waals surface area contributed by atoms with Crippen LogP contribution in [0.1, 0.15) is 12.5 Å². The van der Waals surface area contributed by atoms with Crippen LogP contribution >= 0.6 is 0 Å². The van der Waals surface area contributed by atoms with Gasteiger partial charge in [0.05, 0.1) is 19.4 Å². The Kier molecular flexibility index (Phi) is 5.63. The van der Waals surface area contributed by atoms with Crippen LogP contribution in [0, 0.1) is 0 Å². The van der Waals surface area contributed by atoms with Crippen LogP contribution in [0.3, 0.4) is 0 Å². The van der Waals surface area contributed by atoms with E-state index in [0.29, 0.717) is 29.5 Å². The maximum Gasteiger partial charge on any atom is 0.248 e. The monoisotopic (exact) mass is 312 g/mol. The summed E-state index contributed by atoms with van der Waals surface area (Å²) in [5, 5.41) is 2.77. The number of carbonyl (C=O) groups is 1. The Hall–Kier alpha value is -2.95. The van der Waals surface area contributed by atoms with Crippen LogP contribution in [0.2, 0.25) is 0 Å². The summed E-state index contributed by atoms with van der Waals surface area (Å²) in [6.45, 7) is 2.46. The minimum absolute atomic E-state index is 0.231. The first-order valence-electron chi connectivity index (χ1n) is 7.28. The van der Waals surface area contributed by atoms with Crippen molar-refractivity contribution in [2.24, 2.45) is 0 Å². The third-order valence-electron chi connectivity index (χ3n) is 3.10. The van der Waals surface area contributed by atoms with Gasteiger partial charge in [-0.25, -0.2) is 0 Å². The molecule has 0 aliphatic heterocycles. The van der Waals surface area contributed by atoms with Crippen LogP contribution in [0.15, 0.2) is 48.5 Å². The molecule has 0 heterocycles. The maximum atomic E-state index is 11.9. The molecular formula is C18H20N2O3. The normalized spacial score (nSPS) is 10.5. The van der Waals surface area contributed by atoms with Gasteiger partial charge in [-0.15, -0.1) is 0 Å². The number of nitrogens with two attached hydrogens (primary N) is 1. The first kappa shape index (κ1) is 16.4. The number of rotatable bonds is 6. The van der Waals surface area contributed by atoms with Crippen LogP contribution in [0.5, 0.6) is 11.5 Å². The van der Waals surface area contributed by atoms with Gasteiger partial charge in [0.15, 0.2) is 0 Å². The molecule has 3 N–H and O–H groups in total. The van der Waals surface area contributed by atoms with Crippen molar-refractivity contribution in [1.29, 1.82) is 0 Å². The van der Waals surface area contributed by atoms with Gasteiger partial charge in [0.25, 0.3) is 0 Å². The molecule has 0 aromatic heterocycles. The second-order valence-corrected chi connectivity index (χ2v) is 4.78. The fourth-order valence-corrected chi connectivity index (χ4v) is 2.01. The van der Waals surface area contributed by atoms with E-state index in [-0.39, 0.29) is 5.91 Å². The summed E-state index contributed by atoms with van der Waals surface area (Å²) in [7, 11) is 1.58. The molecule has 0 aliphatic carbocycles. The van der Waals surface area contributed by atoms with Gasteiger partial charge in [-0.05, 0) is 42.8 Å². The highest BCUT2D eigenvalue weighted by Gasteiger charge is 2.02. The van der Waals surface area contributed by atoms with Gasteiger partial charge in [0.2, 0.25) is 5.91 Å². The number of carbonyl (C=O) groups excluding carboxylic acids is 1. The van der Waals surface area contributed by atoms with E-state index in [1.165, 1.54) is 6.08 Å². The van der Waals surface area contributed by atoms with Gasteiger partial charge in [-0.2, -0.15) is 0 Å². The number of nitrogens with one attached hydrogen (secondary N) is 1. The van der Waals surface area contributed by atoms with Crippen molar-refractivity contribution in [3.05, 3.63) is 54.1 Å². The van der Waals surface area contributed by atoms with E-state index < -0.39 is 0 Å². The van der Waals surface area contributed by atoms with Crippen molar-refractivity contribution in [2.45, 2.75) is 6.92 Å². The first-order chi connectivity index (χ1) is 11.1. The van der Waals surface area contributed by atoms with Gasteiger partial charge >= 0.3 is 0 Å². The van der Waals surface area contributed by atoms with E-state index in [2.05, 4.69) is 5.32 Å². The van der Waals surface area contributed by atoms with E-state index in [1.54, 1.807) is 37.5 Å². The summed E-state index contributed by atoms with van der Waals surface area (Å²) < 4.78 is 10.5. The minimum Gasteiger partial charge on any atom is -0.497 e. The fourth-order valence-electron chi connectivity index (χ4n) is 2.01. The molecule has 0 atom stereocenters. The van der Waals surface area contributed by atoms with Crippen molar-refractivity contribution in [3.63, 3.8) is 0 Å². The maximum absolute atomic E-state index is 11.9. The van der Waals surface area contributed by atoms with Crippen LogP contribution in [0.4, 0.5) is 11.4 Å². The average Bonchev–Trinajstić information content (AvgIpc) is 2.55. The predicted octanol–water partition coefficient (Wildman–Crippen LogP) is 3.33. The molecule has 5 heteroatoms. The molecule has 2 aromatic carbocycles. The second-order valence-electron chi connectivity index (χ2n) is 4.78. The molecule has 0 saturated carbocycles. The molecule has 23 heavy (non-hydrogen) atoms. The van der Waals surface area contributed by atoms with E-state index in [1.807, 2.05) is 25.1 Å². The van der Waals surface area contributed by atoms with Crippen LogP contribution < -0.4 is 20.5 Å². The van der Waals surface area contributed by atoms with Crippen molar-refractivity contribution in [2.75, 3.05) is 24.8 Å². The van der Waals surface area contributed by atoms with Crippen molar-refractivity contribution in [3.8, 4) is 11.5 Å². The van der Waals surface area contributed by atoms with Crippen LogP contribution in [-0.4, -0.2) is 19.6 Å². The lowest BCUT2D eigenvalue weighted by molar-refractivity contribution is -0.111. The Bertz CT molecular complexity index is 711. The highest BCUT2D eigenvalue weighted by atomic mass is 16.5. The molecule has 0 radical (unpaired) electrons. The van der Waals surface area contributed by atoms with E-state index in [4.69, 9.17) is 15.2 Å². The van der Waals surface area contributed by atoms with Gasteiger partial charge in [-0.3, -0.25) is 4.79 Å². The molecule has 120 valence electrons. The van der Waals surface area contributed by atoms with Crippen molar-refractivity contribution >= 4 is 23.4 Å². The average molecular weight is 312 g/mol. The number of benzene rings is 2. The summed E-state index contributed by atoms with van der Waals surface area (Å²) in [6.07, 6.45) is 3.15. The summed E-state index contributed by atoms with van der Waals surface area (Å²) in [6, 6.07) is 12.6. The molecule has 2 rings (SSSR count). The number of amides is 1. The van der Waals surface area contributed by atoms with Gasteiger partial charge < -0.3 is 20.5 Å². The first-order valence-corrected chi connectivity index (χ1v) is 7.28. The number of hydrogen-bond acceptors (Lipinski definition) is 4. The number of methoxy groups -OCH3 is 1. The van der Waals surface area contributed by atoms with E-state index in [0.717, 1.165) is 5.56 Å². The number of nitrogen functional groups attached to an aromatic ring is 1.